The largest absolute Gasteiger partial charge is 0.407 e. The number of aliphatic hydroxyl groups is 2. The Kier molecular flexibility index (Phi) is 11.4. The zero-order chi connectivity index (χ0) is 26.9. The van der Waals surface area contributed by atoms with E-state index in [9.17, 15) is 10.2 Å². The fraction of sp³-hybridized carbons (Fsp3) is 0.613. The summed E-state index contributed by atoms with van der Waals surface area (Å²) >= 11 is 0. The summed E-state index contributed by atoms with van der Waals surface area (Å²) in [6, 6.07) is 21.2. The normalized spacial score (nSPS) is 22.6. The fourth-order valence-electron chi connectivity index (χ4n) is 6.07. The standard InChI is InChI=1S/C31H48O5Si/c1-6-34-30(35-7-2)21-15-14-20-26-27(29(33)22-28(26)32)23-36-37(31(3,4)5,24-16-10-8-11-17-24)25-18-12-9-13-19-25/h8-13,16-19,26-30,32-33H,6-7,14-15,20-23H2,1-5H3/t26-,27+,28-,29+/m1/s1. The van der Waals surface area contributed by atoms with Crippen molar-refractivity contribution in [1.29, 1.82) is 0 Å². The van der Waals surface area contributed by atoms with E-state index in [1.165, 1.54) is 10.4 Å². The fourth-order valence-corrected chi connectivity index (χ4v) is 10.7. The molecule has 0 heterocycles. The van der Waals surface area contributed by atoms with Gasteiger partial charge in [0.05, 0.1) is 12.2 Å². The molecule has 2 aromatic rings. The van der Waals surface area contributed by atoms with Crippen LogP contribution in [0.4, 0.5) is 0 Å². The molecule has 1 fully saturated rings. The third-order valence-electron chi connectivity index (χ3n) is 7.86. The first-order valence-electron chi connectivity index (χ1n) is 14.1. The number of unbranched alkanes of at least 4 members (excludes halogenated alkanes) is 1. The second-order valence-electron chi connectivity index (χ2n) is 11.3. The van der Waals surface area contributed by atoms with Gasteiger partial charge in [0.2, 0.25) is 0 Å². The molecule has 0 bridgehead atoms. The van der Waals surface area contributed by atoms with Crippen LogP contribution in [0.1, 0.15) is 66.7 Å². The van der Waals surface area contributed by atoms with Gasteiger partial charge in [-0.3, -0.25) is 0 Å². The number of benzene rings is 2. The first-order valence-corrected chi connectivity index (χ1v) is 16.0. The Bertz CT molecular complexity index is 855. The molecule has 2 aromatic carbocycles. The quantitative estimate of drug-likeness (QED) is 0.208. The monoisotopic (exact) mass is 528 g/mol. The summed E-state index contributed by atoms with van der Waals surface area (Å²) < 4.78 is 18.5. The van der Waals surface area contributed by atoms with Gasteiger partial charge in [-0.15, -0.1) is 0 Å². The topological polar surface area (TPSA) is 68.2 Å². The molecule has 0 aliphatic heterocycles. The Morgan fingerprint density at radius 2 is 1.32 bits per heavy atom. The van der Waals surface area contributed by atoms with E-state index in [0.717, 1.165) is 25.7 Å². The second kappa shape index (κ2) is 14.0. The van der Waals surface area contributed by atoms with Crippen molar-refractivity contribution in [2.24, 2.45) is 11.8 Å². The van der Waals surface area contributed by atoms with E-state index in [-0.39, 0.29) is 23.2 Å². The highest BCUT2D eigenvalue weighted by Crippen LogP contribution is 2.41. The Morgan fingerprint density at radius 3 is 1.81 bits per heavy atom. The Labute approximate surface area is 225 Å². The van der Waals surface area contributed by atoms with Gasteiger partial charge >= 0.3 is 0 Å². The lowest BCUT2D eigenvalue weighted by Crippen LogP contribution is -2.67. The summed E-state index contributed by atoms with van der Waals surface area (Å²) in [4.78, 5) is 0. The van der Waals surface area contributed by atoms with Gasteiger partial charge in [0.1, 0.15) is 0 Å². The van der Waals surface area contributed by atoms with Crippen LogP contribution in [0.15, 0.2) is 60.7 Å². The average molecular weight is 529 g/mol. The minimum absolute atomic E-state index is 0.0193. The third kappa shape index (κ3) is 7.31. The Hall–Kier alpha value is -1.54. The number of hydrogen-bond acceptors (Lipinski definition) is 5. The summed E-state index contributed by atoms with van der Waals surface area (Å²) in [5.74, 6) is -0.0721. The van der Waals surface area contributed by atoms with Crippen LogP contribution in [0.2, 0.25) is 5.04 Å². The molecule has 3 rings (SSSR count). The maximum Gasteiger partial charge on any atom is 0.261 e. The lowest BCUT2D eigenvalue weighted by atomic mass is 9.89. The zero-order valence-electron chi connectivity index (χ0n) is 23.4. The number of ether oxygens (including phenoxy) is 2. The van der Waals surface area contributed by atoms with Crippen LogP contribution in [-0.4, -0.2) is 56.8 Å². The highest BCUT2D eigenvalue weighted by atomic mass is 28.4. The van der Waals surface area contributed by atoms with Crippen molar-refractivity contribution in [3.63, 3.8) is 0 Å². The molecule has 5 nitrogen and oxygen atoms in total. The molecular formula is C31H48O5Si. The molecule has 0 spiro atoms. The zero-order valence-corrected chi connectivity index (χ0v) is 24.4. The molecule has 0 saturated heterocycles. The molecule has 1 saturated carbocycles. The first-order chi connectivity index (χ1) is 17.7. The molecule has 4 atom stereocenters. The van der Waals surface area contributed by atoms with E-state index >= 15 is 0 Å². The third-order valence-corrected chi connectivity index (χ3v) is 12.9. The van der Waals surface area contributed by atoms with Crippen LogP contribution in [0, 0.1) is 11.8 Å². The number of rotatable bonds is 14. The van der Waals surface area contributed by atoms with Gasteiger partial charge in [0, 0.05) is 25.7 Å². The van der Waals surface area contributed by atoms with Gasteiger partial charge in [-0.25, -0.2) is 0 Å². The van der Waals surface area contributed by atoms with E-state index < -0.39 is 20.5 Å². The van der Waals surface area contributed by atoms with Crippen molar-refractivity contribution in [3.8, 4) is 0 Å². The maximum atomic E-state index is 11.0. The molecule has 0 unspecified atom stereocenters. The summed E-state index contributed by atoms with van der Waals surface area (Å²) in [6.45, 7) is 12.5. The molecule has 1 aliphatic carbocycles. The molecular weight excluding hydrogens is 480 g/mol. The van der Waals surface area contributed by atoms with Crippen molar-refractivity contribution < 1.29 is 24.1 Å². The number of aliphatic hydroxyl groups excluding tert-OH is 2. The van der Waals surface area contributed by atoms with Crippen molar-refractivity contribution in [2.75, 3.05) is 19.8 Å². The van der Waals surface area contributed by atoms with Crippen molar-refractivity contribution >= 4 is 18.7 Å². The smallest absolute Gasteiger partial charge is 0.261 e. The van der Waals surface area contributed by atoms with Crippen LogP contribution in [0.25, 0.3) is 0 Å². The molecule has 0 aromatic heterocycles. The predicted octanol–water partition coefficient (Wildman–Crippen LogP) is 4.88. The molecule has 0 amide bonds. The van der Waals surface area contributed by atoms with Crippen molar-refractivity contribution in [3.05, 3.63) is 60.7 Å². The van der Waals surface area contributed by atoms with Crippen LogP contribution in [-0.2, 0) is 13.9 Å². The summed E-state index contributed by atoms with van der Waals surface area (Å²) in [5.41, 5.74) is 0. The van der Waals surface area contributed by atoms with E-state index in [2.05, 4.69) is 69.3 Å². The van der Waals surface area contributed by atoms with Gasteiger partial charge < -0.3 is 24.1 Å². The van der Waals surface area contributed by atoms with E-state index in [1.54, 1.807) is 0 Å². The summed E-state index contributed by atoms with van der Waals surface area (Å²) in [6.07, 6.45) is 2.82. The van der Waals surface area contributed by atoms with Crippen LogP contribution in [0.3, 0.4) is 0 Å². The van der Waals surface area contributed by atoms with E-state index in [0.29, 0.717) is 26.2 Å². The Morgan fingerprint density at radius 1 is 0.811 bits per heavy atom. The van der Waals surface area contributed by atoms with E-state index in [4.69, 9.17) is 13.9 Å². The summed E-state index contributed by atoms with van der Waals surface area (Å²) in [7, 11) is -2.70. The van der Waals surface area contributed by atoms with Gasteiger partial charge in [0.25, 0.3) is 8.32 Å². The van der Waals surface area contributed by atoms with Crippen LogP contribution >= 0.6 is 0 Å². The first kappa shape index (κ1) is 30.0. The summed E-state index contributed by atoms with van der Waals surface area (Å²) in [5, 5.41) is 24.2. The Balaban J connectivity index is 1.78. The second-order valence-corrected chi connectivity index (χ2v) is 15.6. The maximum absolute atomic E-state index is 11.0. The molecule has 6 heteroatoms. The van der Waals surface area contributed by atoms with E-state index in [1.807, 2.05) is 26.0 Å². The van der Waals surface area contributed by atoms with Gasteiger partial charge in [-0.2, -0.15) is 0 Å². The molecule has 2 N–H and O–H groups in total. The molecule has 1 aliphatic rings. The van der Waals surface area contributed by atoms with Crippen LogP contribution in [0.5, 0.6) is 0 Å². The van der Waals surface area contributed by atoms with Crippen molar-refractivity contribution in [2.45, 2.75) is 90.3 Å². The van der Waals surface area contributed by atoms with Gasteiger partial charge in [-0.05, 0) is 60.9 Å². The van der Waals surface area contributed by atoms with Crippen LogP contribution < -0.4 is 10.4 Å². The minimum atomic E-state index is -2.70. The van der Waals surface area contributed by atoms with Crippen molar-refractivity contribution in [1.82, 2.24) is 0 Å². The highest BCUT2D eigenvalue weighted by molar-refractivity contribution is 6.99. The lowest BCUT2D eigenvalue weighted by Gasteiger charge is -2.44. The lowest BCUT2D eigenvalue weighted by molar-refractivity contribution is -0.140. The molecule has 206 valence electrons. The number of hydrogen-bond donors (Lipinski definition) is 2. The molecule has 37 heavy (non-hydrogen) atoms. The highest BCUT2D eigenvalue weighted by Gasteiger charge is 2.51. The SMILES string of the molecule is CCOC(CCCC[C@@H]1[C@H](CO[Si](c2ccccc2)(c2ccccc2)C(C)(C)C)[C@@H](O)C[C@H]1O)OCC. The minimum Gasteiger partial charge on any atom is -0.407 e. The van der Waals surface area contributed by atoms with Gasteiger partial charge in [-0.1, -0.05) is 87.9 Å². The average Bonchev–Trinajstić information content (AvgIpc) is 3.14. The molecule has 0 radical (unpaired) electrons. The van der Waals surface area contributed by atoms with Gasteiger partial charge in [0.15, 0.2) is 6.29 Å². The predicted molar refractivity (Wildman–Crippen MR) is 153 cm³/mol.